The molecule has 184 valence electrons. The van der Waals surface area contributed by atoms with E-state index in [-0.39, 0.29) is 16.5 Å². The molecule has 0 bridgehead atoms. The Labute approximate surface area is 209 Å². The molecule has 0 saturated heterocycles. The summed E-state index contributed by atoms with van der Waals surface area (Å²) in [7, 11) is -0.965. The lowest BCUT2D eigenvalue weighted by molar-refractivity contribution is -0.111. The van der Waals surface area contributed by atoms with Crippen LogP contribution in [0.3, 0.4) is 0 Å². The Morgan fingerprint density at radius 2 is 1.64 bits per heavy atom. The molecule has 1 heterocycles. The zero-order valence-electron chi connectivity index (χ0n) is 19.6. The summed E-state index contributed by atoms with van der Waals surface area (Å²) in [5.41, 5.74) is 1.81. The van der Waals surface area contributed by atoms with Crippen molar-refractivity contribution in [3.05, 3.63) is 103 Å². The van der Waals surface area contributed by atoms with Gasteiger partial charge in [0.1, 0.15) is 17.3 Å². The Hall–Kier alpha value is -4.50. The summed E-state index contributed by atoms with van der Waals surface area (Å²) in [5, 5.41) is 2.81. The first-order valence-electron chi connectivity index (χ1n) is 10.9. The van der Waals surface area contributed by atoms with E-state index in [0.717, 1.165) is 0 Å². The minimum Gasteiger partial charge on any atom is -0.497 e. The van der Waals surface area contributed by atoms with Gasteiger partial charge in [0.15, 0.2) is 0 Å². The molecule has 1 amide bonds. The molecule has 36 heavy (non-hydrogen) atoms. The minimum atomic E-state index is -3.91. The molecule has 0 radical (unpaired) electrons. The highest BCUT2D eigenvalue weighted by Crippen LogP contribution is 2.31. The number of benzene rings is 3. The normalized spacial score (nSPS) is 11.6. The lowest BCUT2D eigenvalue weighted by Crippen LogP contribution is -2.15. The van der Waals surface area contributed by atoms with Crippen molar-refractivity contribution in [3.8, 4) is 11.5 Å². The number of carbonyl (C=O) groups is 1. The number of carbonyl (C=O) groups excluding carboxylic acids is 1. The number of furan rings is 1. The van der Waals surface area contributed by atoms with Gasteiger partial charge in [-0.1, -0.05) is 30.3 Å². The molecule has 0 aliphatic rings. The van der Waals surface area contributed by atoms with Crippen LogP contribution in [0.25, 0.3) is 11.6 Å². The topological polar surface area (TPSA) is 107 Å². The van der Waals surface area contributed by atoms with E-state index in [0.29, 0.717) is 34.1 Å². The second-order valence-corrected chi connectivity index (χ2v) is 9.27. The number of anilines is 2. The maximum Gasteiger partial charge on any atom is 0.262 e. The van der Waals surface area contributed by atoms with Crippen LogP contribution in [0.2, 0.25) is 0 Å². The molecule has 2 N–H and O–H groups in total. The summed E-state index contributed by atoms with van der Waals surface area (Å²) in [6, 6.07) is 23.3. The van der Waals surface area contributed by atoms with E-state index in [1.165, 1.54) is 44.7 Å². The van der Waals surface area contributed by atoms with Crippen LogP contribution in [-0.4, -0.2) is 28.5 Å². The van der Waals surface area contributed by atoms with Gasteiger partial charge in [-0.05, 0) is 60.2 Å². The van der Waals surface area contributed by atoms with E-state index in [1.807, 2.05) is 30.3 Å². The number of methoxy groups -OCH3 is 2. The summed E-state index contributed by atoms with van der Waals surface area (Å²) in [6.45, 7) is 0. The van der Waals surface area contributed by atoms with Crippen LogP contribution in [0.1, 0.15) is 11.3 Å². The van der Waals surface area contributed by atoms with Gasteiger partial charge >= 0.3 is 0 Å². The number of amides is 1. The fourth-order valence-corrected chi connectivity index (χ4v) is 4.49. The molecule has 0 fully saturated rings. The van der Waals surface area contributed by atoms with Gasteiger partial charge < -0.3 is 19.2 Å². The molecule has 3 aromatic carbocycles. The Balaban J connectivity index is 1.53. The third-order valence-electron chi connectivity index (χ3n) is 5.23. The Bertz CT molecular complexity index is 1460. The van der Waals surface area contributed by atoms with Crippen LogP contribution < -0.4 is 19.5 Å². The third-order valence-corrected chi connectivity index (χ3v) is 6.62. The van der Waals surface area contributed by atoms with Crippen molar-refractivity contribution in [1.29, 1.82) is 0 Å². The monoisotopic (exact) mass is 504 g/mol. The molecule has 0 aliphatic heterocycles. The van der Waals surface area contributed by atoms with E-state index >= 15 is 0 Å². The lowest BCUT2D eigenvalue weighted by Gasteiger charge is -2.13. The maximum absolute atomic E-state index is 13.1. The van der Waals surface area contributed by atoms with Gasteiger partial charge in [0.25, 0.3) is 15.9 Å². The summed E-state index contributed by atoms with van der Waals surface area (Å²) in [4.78, 5) is 13.1. The van der Waals surface area contributed by atoms with Crippen molar-refractivity contribution >= 4 is 39.0 Å². The molecule has 0 unspecified atom stereocenters. The van der Waals surface area contributed by atoms with Gasteiger partial charge in [0.05, 0.1) is 36.6 Å². The minimum absolute atomic E-state index is 0.0211. The average molecular weight is 505 g/mol. The van der Waals surface area contributed by atoms with Crippen molar-refractivity contribution in [2.75, 3.05) is 24.3 Å². The molecular weight excluding hydrogens is 480 g/mol. The Kier molecular flexibility index (Phi) is 7.41. The molecule has 0 atom stereocenters. The predicted octanol–water partition coefficient (Wildman–Crippen LogP) is 5.28. The van der Waals surface area contributed by atoms with Crippen molar-refractivity contribution in [1.82, 2.24) is 0 Å². The summed E-state index contributed by atoms with van der Waals surface area (Å²) >= 11 is 0. The quantitative estimate of drug-likeness (QED) is 0.301. The number of nitrogens with one attached hydrogen (secondary N) is 2. The molecule has 4 aromatic rings. The fraction of sp³-hybridized carbons (Fsp3) is 0.0741. The van der Waals surface area contributed by atoms with Gasteiger partial charge in [0.2, 0.25) is 0 Å². The zero-order chi connectivity index (χ0) is 25.5. The van der Waals surface area contributed by atoms with E-state index in [2.05, 4.69) is 10.0 Å². The van der Waals surface area contributed by atoms with Gasteiger partial charge in [-0.2, -0.15) is 0 Å². The van der Waals surface area contributed by atoms with Crippen LogP contribution in [-0.2, 0) is 14.8 Å². The number of rotatable bonds is 9. The van der Waals surface area contributed by atoms with Crippen LogP contribution >= 0.6 is 0 Å². The first kappa shape index (κ1) is 24.6. The predicted molar refractivity (Wildman–Crippen MR) is 138 cm³/mol. The first-order chi connectivity index (χ1) is 17.4. The largest absolute Gasteiger partial charge is 0.497 e. The maximum atomic E-state index is 13.1. The molecule has 1 aromatic heterocycles. The summed E-state index contributed by atoms with van der Waals surface area (Å²) in [6.07, 6.45) is 3.18. The zero-order valence-corrected chi connectivity index (χ0v) is 20.4. The van der Waals surface area contributed by atoms with Crippen molar-refractivity contribution in [2.45, 2.75) is 4.90 Å². The van der Waals surface area contributed by atoms with Crippen molar-refractivity contribution in [2.24, 2.45) is 0 Å². The average Bonchev–Trinajstić information content (AvgIpc) is 3.41. The molecule has 0 saturated carbocycles. The van der Waals surface area contributed by atoms with Crippen LogP contribution in [0.15, 0.2) is 101 Å². The second kappa shape index (κ2) is 10.8. The molecular formula is C27H24N2O6S. The number of hydrogen-bond donors (Lipinski definition) is 2. The van der Waals surface area contributed by atoms with E-state index in [1.54, 1.807) is 36.4 Å². The number of sulfonamides is 1. The number of ether oxygens (including phenoxy) is 2. The smallest absolute Gasteiger partial charge is 0.262 e. The van der Waals surface area contributed by atoms with E-state index < -0.39 is 10.0 Å². The molecule has 4 rings (SSSR count). The van der Waals surface area contributed by atoms with Crippen LogP contribution in [0, 0.1) is 0 Å². The second-order valence-electron chi connectivity index (χ2n) is 7.59. The molecule has 0 aliphatic carbocycles. The van der Waals surface area contributed by atoms with Crippen molar-refractivity contribution < 1.29 is 27.1 Å². The molecule has 8 nitrogen and oxygen atoms in total. The fourth-order valence-electron chi connectivity index (χ4n) is 3.42. The van der Waals surface area contributed by atoms with Gasteiger partial charge in [0, 0.05) is 11.8 Å². The van der Waals surface area contributed by atoms with Crippen LogP contribution in [0.5, 0.6) is 11.5 Å². The van der Waals surface area contributed by atoms with Gasteiger partial charge in [-0.3, -0.25) is 9.52 Å². The summed E-state index contributed by atoms with van der Waals surface area (Å²) < 4.78 is 44.1. The van der Waals surface area contributed by atoms with E-state index in [9.17, 15) is 13.2 Å². The Morgan fingerprint density at radius 1 is 0.889 bits per heavy atom. The highest BCUT2D eigenvalue weighted by molar-refractivity contribution is 7.92. The molecule has 9 heteroatoms. The van der Waals surface area contributed by atoms with Crippen molar-refractivity contribution in [3.63, 3.8) is 0 Å². The highest BCUT2D eigenvalue weighted by atomic mass is 32.2. The third kappa shape index (κ3) is 5.76. The number of hydrogen-bond acceptors (Lipinski definition) is 6. The highest BCUT2D eigenvalue weighted by Gasteiger charge is 2.18. The lowest BCUT2D eigenvalue weighted by atomic mass is 10.0. The summed E-state index contributed by atoms with van der Waals surface area (Å²) in [5.74, 6) is 1.02. The molecule has 0 spiro atoms. The van der Waals surface area contributed by atoms with Gasteiger partial charge in [-0.15, -0.1) is 0 Å². The standard InChI is InChI=1S/C27H24N2O6S/c1-33-21-12-15-25(26(18-21)34-2)29-36(31,32)23-13-10-20(11-14-23)28-27(30)24(17-22-9-6-16-35-22)19-7-4-3-5-8-19/h3-18,29H,1-2H3,(H,28,30)/b24-17+. The first-order valence-corrected chi connectivity index (χ1v) is 12.3. The Morgan fingerprint density at radius 3 is 2.28 bits per heavy atom. The SMILES string of the molecule is COc1ccc(NS(=O)(=O)c2ccc(NC(=O)/C(=C/c3ccco3)c3ccccc3)cc2)c(OC)c1. The van der Waals surface area contributed by atoms with Crippen LogP contribution in [0.4, 0.5) is 11.4 Å². The van der Waals surface area contributed by atoms with E-state index in [4.69, 9.17) is 13.9 Å². The van der Waals surface area contributed by atoms with Gasteiger partial charge in [-0.25, -0.2) is 8.42 Å².